The molecule has 0 spiro atoms. The van der Waals surface area contributed by atoms with Crippen LogP contribution in [0.3, 0.4) is 0 Å². The molecule has 8 nitrogen and oxygen atoms in total. The van der Waals surface area contributed by atoms with Gasteiger partial charge in [-0.15, -0.1) is 10.2 Å². The average molecular weight is 367 g/mol. The number of hydrogen-bond acceptors (Lipinski definition) is 8. The Morgan fingerprint density at radius 2 is 2.08 bits per heavy atom. The fourth-order valence-corrected chi connectivity index (χ4v) is 4.68. The van der Waals surface area contributed by atoms with E-state index in [1.165, 1.54) is 6.33 Å². The van der Waals surface area contributed by atoms with Crippen molar-refractivity contribution in [3.05, 3.63) is 46.1 Å². The van der Waals surface area contributed by atoms with Crippen LogP contribution in [0, 0.1) is 5.92 Å². The van der Waals surface area contributed by atoms with Gasteiger partial charge in [-0.2, -0.15) is 0 Å². The van der Waals surface area contributed by atoms with Crippen LogP contribution in [0.25, 0.3) is 11.3 Å². The summed E-state index contributed by atoms with van der Waals surface area (Å²) in [4.78, 5) is 23.2. The topological polar surface area (TPSA) is 103 Å². The highest BCUT2D eigenvalue weighted by Crippen LogP contribution is 2.38. The van der Waals surface area contributed by atoms with Gasteiger partial charge in [-0.25, -0.2) is 9.97 Å². The normalized spacial score (nSPS) is 21.5. The maximum atomic E-state index is 12.7. The molecule has 2 aliphatic heterocycles. The molecule has 0 unspecified atom stereocenters. The number of rotatable bonds is 2. The number of aromatic nitrogens is 5. The van der Waals surface area contributed by atoms with Crippen LogP contribution in [0.4, 0.5) is 10.9 Å². The van der Waals surface area contributed by atoms with Crippen LogP contribution >= 0.6 is 11.3 Å². The molecule has 0 aliphatic carbocycles. The number of piperidine rings is 1. The van der Waals surface area contributed by atoms with E-state index in [4.69, 9.17) is 5.73 Å². The number of anilines is 2. The molecule has 1 fully saturated rings. The first-order valence-electron chi connectivity index (χ1n) is 8.51. The van der Waals surface area contributed by atoms with Crippen LogP contribution < -0.4 is 16.2 Å². The third-order valence-electron chi connectivity index (χ3n) is 5.16. The molecule has 0 radical (unpaired) electrons. The number of fused-ring (bicyclic) bond motifs is 4. The van der Waals surface area contributed by atoms with Crippen molar-refractivity contribution in [3.8, 4) is 11.3 Å². The van der Waals surface area contributed by atoms with Crippen molar-refractivity contribution in [2.45, 2.75) is 18.9 Å². The van der Waals surface area contributed by atoms with Crippen molar-refractivity contribution < 1.29 is 0 Å². The van der Waals surface area contributed by atoms with E-state index in [1.807, 2.05) is 4.57 Å². The molecular formula is C17H17N7OS. The smallest absolute Gasteiger partial charge is 0.251 e. The van der Waals surface area contributed by atoms with Crippen molar-refractivity contribution in [1.82, 2.24) is 24.7 Å². The number of nitrogen functional groups attached to an aromatic ring is 1. The summed E-state index contributed by atoms with van der Waals surface area (Å²) < 4.78 is 1.92. The van der Waals surface area contributed by atoms with Crippen LogP contribution in [0.2, 0.25) is 0 Å². The first kappa shape index (κ1) is 15.4. The minimum Gasteiger partial charge on any atom is -0.384 e. The Balaban J connectivity index is 1.56. The lowest BCUT2D eigenvalue weighted by Gasteiger charge is -2.42. The predicted octanol–water partition coefficient (Wildman–Crippen LogP) is 1.36. The van der Waals surface area contributed by atoms with E-state index in [0.717, 1.165) is 42.4 Å². The molecule has 0 aromatic carbocycles. The standard InChI is InChI=1S/C17H17N7OS/c18-15-4-13(19-8-20-15)11-2-14-12-1-10(6-24(14)16(25)3-11)5-23(7-12)17-22-21-9-26-17/h2-4,8-10,12H,1,5-7H2,(H2,18,19,20)/t10-,12+/m0/s1. The van der Waals surface area contributed by atoms with Crippen molar-refractivity contribution >= 4 is 22.3 Å². The van der Waals surface area contributed by atoms with E-state index < -0.39 is 0 Å². The van der Waals surface area contributed by atoms with Crippen LogP contribution in [0.5, 0.6) is 0 Å². The van der Waals surface area contributed by atoms with Crippen LogP contribution in [0.1, 0.15) is 18.0 Å². The second-order valence-electron chi connectivity index (χ2n) is 6.87. The fraction of sp³-hybridized carbons (Fsp3) is 0.353. The molecule has 0 saturated carbocycles. The SMILES string of the molecule is Nc1cc(-c2cc3n(c(=O)c2)C[C@H]2C[C@@H]3CN(c3nncs3)C2)ncn1. The van der Waals surface area contributed by atoms with Crippen LogP contribution in [0.15, 0.2) is 34.8 Å². The van der Waals surface area contributed by atoms with Crippen molar-refractivity contribution in [1.29, 1.82) is 0 Å². The zero-order valence-corrected chi connectivity index (χ0v) is 14.8. The van der Waals surface area contributed by atoms with Gasteiger partial charge >= 0.3 is 0 Å². The van der Waals surface area contributed by atoms with E-state index in [1.54, 1.807) is 29.0 Å². The maximum Gasteiger partial charge on any atom is 0.251 e. The third kappa shape index (κ3) is 2.55. The summed E-state index contributed by atoms with van der Waals surface area (Å²) in [7, 11) is 0. The van der Waals surface area contributed by atoms with Crippen molar-refractivity contribution in [2.24, 2.45) is 5.92 Å². The Labute approximate surface area is 153 Å². The molecule has 5 heterocycles. The zero-order chi connectivity index (χ0) is 17.7. The van der Waals surface area contributed by atoms with Gasteiger partial charge in [0.25, 0.3) is 5.56 Å². The molecule has 2 aliphatic rings. The quantitative estimate of drug-likeness (QED) is 0.729. The molecule has 0 amide bonds. The minimum absolute atomic E-state index is 0.0220. The Bertz CT molecular complexity index is 1020. The molecule has 132 valence electrons. The van der Waals surface area contributed by atoms with Crippen LogP contribution in [-0.4, -0.2) is 37.8 Å². The Morgan fingerprint density at radius 3 is 2.88 bits per heavy atom. The highest BCUT2D eigenvalue weighted by atomic mass is 32.1. The highest BCUT2D eigenvalue weighted by Gasteiger charge is 2.35. The monoisotopic (exact) mass is 367 g/mol. The van der Waals surface area contributed by atoms with E-state index in [0.29, 0.717) is 23.3 Å². The molecule has 9 heteroatoms. The number of nitrogens with two attached hydrogens (primary N) is 1. The van der Waals surface area contributed by atoms with Gasteiger partial charge in [0, 0.05) is 48.9 Å². The third-order valence-corrected chi connectivity index (χ3v) is 5.91. The lowest BCUT2D eigenvalue weighted by molar-refractivity contribution is 0.281. The van der Waals surface area contributed by atoms with Gasteiger partial charge in [0.15, 0.2) is 0 Å². The van der Waals surface area contributed by atoms with Crippen LogP contribution in [-0.2, 0) is 6.54 Å². The van der Waals surface area contributed by atoms with Gasteiger partial charge in [0.05, 0.1) is 5.69 Å². The number of pyridine rings is 1. The first-order valence-corrected chi connectivity index (χ1v) is 9.39. The van der Waals surface area contributed by atoms with Gasteiger partial charge in [0.1, 0.15) is 17.7 Å². The summed E-state index contributed by atoms with van der Waals surface area (Å²) in [5, 5.41) is 9.12. The molecular weight excluding hydrogens is 350 g/mol. The van der Waals surface area contributed by atoms with E-state index >= 15 is 0 Å². The highest BCUT2D eigenvalue weighted by molar-refractivity contribution is 7.13. The molecule has 2 atom stereocenters. The summed E-state index contributed by atoms with van der Waals surface area (Å²) in [5.41, 5.74) is 10.1. The summed E-state index contributed by atoms with van der Waals surface area (Å²) >= 11 is 1.56. The molecule has 3 aromatic heterocycles. The predicted molar refractivity (Wildman–Crippen MR) is 99.1 cm³/mol. The fourth-order valence-electron chi connectivity index (χ4n) is 4.10. The largest absolute Gasteiger partial charge is 0.384 e. The second kappa shape index (κ2) is 5.87. The van der Waals surface area contributed by atoms with Gasteiger partial charge in [-0.05, 0) is 18.4 Å². The van der Waals surface area contributed by atoms with E-state index in [9.17, 15) is 4.79 Å². The Kier molecular flexibility index (Phi) is 3.49. The second-order valence-corrected chi connectivity index (χ2v) is 7.68. The zero-order valence-electron chi connectivity index (χ0n) is 13.9. The van der Waals surface area contributed by atoms with E-state index in [2.05, 4.69) is 31.1 Å². The lowest BCUT2D eigenvalue weighted by atomic mass is 9.83. The summed E-state index contributed by atoms with van der Waals surface area (Å²) in [6.45, 7) is 2.51. The Morgan fingerprint density at radius 1 is 1.15 bits per heavy atom. The van der Waals surface area contributed by atoms with Gasteiger partial charge in [-0.1, -0.05) is 11.3 Å². The Hall–Kier alpha value is -2.81. The van der Waals surface area contributed by atoms with Crippen molar-refractivity contribution in [3.63, 3.8) is 0 Å². The molecule has 2 N–H and O–H groups in total. The molecule has 2 bridgehead atoms. The first-order chi connectivity index (χ1) is 12.7. The number of nitrogens with zero attached hydrogens (tertiary/aromatic N) is 6. The summed E-state index contributed by atoms with van der Waals surface area (Å²) in [6.07, 6.45) is 2.51. The number of hydrogen-bond donors (Lipinski definition) is 1. The molecule has 1 saturated heterocycles. The lowest BCUT2D eigenvalue weighted by Crippen LogP contribution is -2.47. The van der Waals surface area contributed by atoms with Gasteiger partial charge in [-0.3, -0.25) is 4.79 Å². The summed E-state index contributed by atoms with van der Waals surface area (Å²) in [6, 6.07) is 5.42. The van der Waals surface area contributed by atoms with Gasteiger partial charge < -0.3 is 15.2 Å². The minimum atomic E-state index is 0.0220. The molecule has 26 heavy (non-hydrogen) atoms. The van der Waals surface area contributed by atoms with Crippen molar-refractivity contribution in [2.75, 3.05) is 23.7 Å². The molecule has 5 rings (SSSR count). The average Bonchev–Trinajstić information content (AvgIpc) is 3.17. The van der Waals surface area contributed by atoms with Gasteiger partial charge in [0.2, 0.25) is 5.13 Å². The molecule has 3 aromatic rings. The summed E-state index contributed by atoms with van der Waals surface area (Å²) in [5.74, 6) is 1.13. The maximum absolute atomic E-state index is 12.7. The van der Waals surface area contributed by atoms with E-state index in [-0.39, 0.29) is 5.56 Å².